The Labute approximate surface area is 164 Å². The van der Waals surface area contributed by atoms with Crippen molar-refractivity contribution in [3.63, 3.8) is 0 Å². The fraction of sp³-hybridized carbons (Fsp3) is 0.167. The van der Waals surface area contributed by atoms with Crippen molar-refractivity contribution in [2.24, 2.45) is 0 Å². The number of aromatic amines is 1. The Kier molecular flexibility index (Phi) is 5.90. The lowest BCUT2D eigenvalue weighted by atomic mass is 10.2. The zero-order valence-corrected chi connectivity index (χ0v) is 15.9. The van der Waals surface area contributed by atoms with Gasteiger partial charge < -0.3 is 10.1 Å². The number of aryl methyl sites for hydroxylation is 1. The number of methoxy groups -OCH3 is 1. The van der Waals surface area contributed by atoms with Gasteiger partial charge >= 0.3 is 0 Å². The molecule has 10 heteroatoms. The molecular formula is C18H17N5O4S. The Hall–Kier alpha value is -3.40. The Morgan fingerprint density at radius 3 is 2.86 bits per heavy atom. The van der Waals surface area contributed by atoms with E-state index in [1.807, 2.05) is 24.3 Å². The number of rotatable bonds is 7. The third-order valence-electron chi connectivity index (χ3n) is 3.85. The number of amides is 1. The molecule has 0 bridgehead atoms. The average Bonchev–Trinajstić information content (AvgIpc) is 3.16. The Morgan fingerprint density at radius 1 is 1.32 bits per heavy atom. The van der Waals surface area contributed by atoms with E-state index in [9.17, 15) is 14.9 Å². The van der Waals surface area contributed by atoms with Crippen molar-refractivity contribution in [3.05, 3.63) is 58.1 Å². The molecular weight excluding hydrogens is 382 g/mol. The molecule has 2 N–H and O–H groups in total. The predicted octanol–water partition coefficient (Wildman–Crippen LogP) is 3.43. The van der Waals surface area contributed by atoms with Crippen LogP contribution >= 0.6 is 11.8 Å². The molecule has 0 atom stereocenters. The number of nitrogens with one attached hydrogen (secondary N) is 2. The second kappa shape index (κ2) is 8.53. The van der Waals surface area contributed by atoms with Crippen LogP contribution in [0.3, 0.4) is 0 Å². The van der Waals surface area contributed by atoms with Crippen LogP contribution in [-0.4, -0.2) is 38.9 Å². The number of benzene rings is 2. The average molecular weight is 399 g/mol. The maximum absolute atomic E-state index is 12.1. The number of hydrogen-bond donors (Lipinski definition) is 2. The predicted molar refractivity (Wildman–Crippen MR) is 106 cm³/mol. The lowest BCUT2D eigenvalue weighted by molar-refractivity contribution is -0.385. The minimum Gasteiger partial charge on any atom is -0.496 e. The summed E-state index contributed by atoms with van der Waals surface area (Å²) in [5, 5.41) is 21.0. The lowest BCUT2D eigenvalue weighted by Gasteiger charge is -2.05. The van der Waals surface area contributed by atoms with Crippen molar-refractivity contribution in [1.82, 2.24) is 15.2 Å². The highest BCUT2D eigenvalue weighted by Gasteiger charge is 2.14. The maximum Gasteiger partial charge on any atom is 0.274 e. The SMILES string of the molecule is COc1ccccc1-c1nc(SCC(=O)Nc2ccc(C)c([N+](=O)[O-])c2)n[nH]1. The molecule has 0 spiro atoms. The maximum atomic E-state index is 12.1. The molecule has 0 saturated carbocycles. The summed E-state index contributed by atoms with van der Waals surface area (Å²) < 4.78 is 5.30. The number of H-pyrrole nitrogens is 1. The highest BCUT2D eigenvalue weighted by molar-refractivity contribution is 7.99. The standard InChI is InChI=1S/C18H17N5O4S/c1-11-7-8-12(9-14(11)23(25)26)19-16(24)10-28-18-20-17(21-22-18)13-5-3-4-6-15(13)27-2/h3-9H,10H2,1-2H3,(H,19,24)(H,20,21,22). The van der Waals surface area contributed by atoms with Gasteiger partial charge in [0.15, 0.2) is 5.82 Å². The second-order valence-electron chi connectivity index (χ2n) is 5.76. The van der Waals surface area contributed by atoms with Crippen molar-refractivity contribution in [3.8, 4) is 17.1 Å². The van der Waals surface area contributed by atoms with E-state index in [2.05, 4.69) is 20.5 Å². The smallest absolute Gasteiger partial charge is 0.274 e. The quantitative estimate of drug-likeness (QED) is 0.354. The molecule has 1 aromatic heterocycles. The van der Waals surface area contributed by atoms with Gasteiger partial charge in [0, 0.05) is 17.3 Å². The molecule has 3 rings (SSSR count). The van der Waals surface area contributed by atoms with Crippen molar-refractivity contribution in [2.75, 3.05) is 18.2 Å². The van der Waals surface area contributed by atoms with Crippen LogP contribution in [0.4, 0.5) is 11.4 Å². The monoisotopic (exact) mass is 399 g/mol. The Bertz CT molecular complexity index is 1020. The summed E-state index contributed by atoms with van der Waals surface area (Å²) in [6, 6.07) is 11.9. The zero-order chi connectivity index (χ0) is 20.1. The number of nitrogens with zero attached hydrogens (tertiary/aromatic N) is 3. The molecule has 144 valence electrons. The third-order valence-corrected chi connectivity index (χ3v) is 4.70. The molecule has 0 aliphatic heterocycles. The van der Waals surface area contributed by atoms with Crippen LogP contribution < -0.4 is 10.1 Å². The summed E-state index contributed by atoms with van der Waals surface area (Å²) in [7, 11) is 1.57. The molecule has 1 heterocycles. The fourth-order valence-corrected chi connectivity index (χ4v) is 3.08. The van der Waals surface area contributed by atoms with Crippen LogP contribution in [0.2, 0.25) is 0 Å². The van der Waals surface area contributed by atoms with Crippen LogP contribution in [0.1, 0.15) is 5.56 Å². The van der Waals surface area contributed by atoms with Crippen molar-refractivity contribution in [1.29, 1.82) is 0 Å². The molecule has 0 fully saturated rings. The number of carbonyl (C=O) groups excluding carboxylic acids is 1. The molecule has 2 aromatic carbocycles. The summed E-state index contributed by atoms with van der Waals surface area (Å²) in [5.74, 6) is 0.945. The Morgan fingerprint density at radius 2 is 2.11 bits per heavy atom. The van der Waals surface area contributed by atoms with Crippen molar-refractivity contribution < 1.29 is 14.5 Å². The van der Waals surface area contributed by atoms with E-state index in [4.69, 9.17) is 4.74 Å². The number of anilines is 1. The molecule has 0 unspecified atom stereocenters. The van der Waals surface area contributed by atoms with E-state index in [1.54, 1.807) is 26.2 Å². The van der Waals surface area contributed by atoms with E-state index in [1.165, 1.54) is 6.07 Å². The van der Waals surface area contributed by atoms with Gasteiger partial charge in [-0.3, -0.25) is 20.0 Å². The number of carbonyl (C=O) groups is 1. The number of nitro groups is 1. The summed E-state index contributed by atoms with van der Waals surface area (Å²) >= 11 is 1.15. The van der Waals surface area contributed by atoms with Gasteiger partial charge in [-0.15, -0.1) is 5.10 Å². The number of para-hydroxylation sites is 1. The van der Waals surface area contributed by atoms with Crippen LogP contribution in [0.5, 0.6) is 5.75 Å². The largest absolute Gasteiger partial charge is 0.496 e. The minimum atomic E-state index is -0.479. The first-order valence-electron chi connectivity index (χ1n) is 8.21. The number of ether oxygens (including phenoxy) is 1. The fourth-order valence-electron chi connectivity index (χ4n) is 2.48. The van der Waals surface area contributed by atoms with Crippen LogP contribution in [-0.2, 0) is 4.79 Å². The molecule has 28 heavy (non-hydrogen) atoms. The van der Waals surface area contributed by atoms with Crippen LogP contribution in [0.25, 0.3) is 11.4 Å². The summed E-state index contributed by atoms with van der Waals surface area (Å²) in [5.41, 5.74) is 1.62. The molecule has 9 nitrogen and oxygen atoms in total. The lowest BCUT2D eigenvalue weighted by Crippen LogP contribution is -2.14. The second-order valence-corrected chi connectivity index (χ2v) is 6.70. The van der Waals surface area contributed by atoms with E-state index in [0.717, 1.165) is 17.3 Å². The van der Waals surface area contributed by atoms with E-state index in [-0.39, 0.29) is 17.3 Å². The van der Waals surface area contributed by atoms with Gasteiger partial charge in [0.2, 0.25) is 11.1 Å². The van der Waals surface area contributed by atoms with Crippen LogP contribution in [0, 0.1) is 17.0 Å². The van der Waals surface area contributed by atoms with E-state index in [0.29, 0.717) is 28.0 Å². The van der Waals surface area contributed by atoms with Crippen molar-refractivity contribution in [2.45, 2.75) is 12.1 Å². The molecule has 0 aliphatic rings. The van der Waals surface area contributed by atoms with Gasteiger partial charge in [0.05, 0.1) is 23.3 Å². The summed E-state index contributed by atoms with van der Waals surface area (Å²) in [4.78, 5) is 27.0. The third kappa shape index (κ3) is 4.46. The topological polar surface area (TPSA) is 123 Å². The first-order chi connectivity index (χ1) is 13.5. The van der Waals surface area contributed by atoms with Gasteiger partial charge in [-0.05, 0) is 25.1 Å². The zero-order valence-electron chi connectivity index (χ0n) is 15.1. The molecule has 3 aromatic rings. The first kappa shape index (κ1) is 19.4. The van der Waals surface area contributed by atoms with Gasteiger partial charge in [-0.2, -0.15) is 0 Å². The number of nitro benzene ring substituents is 1. The van der Waals surface area contributed by atoms with Gasteiger partial charge in [-0.25, -0.2) is 4.98 Å². The highest BCUT2D eigenvalue weighted by Crippen LogP contribution is 2.28. The van der Waals surface area contributed by atoms with Gasteiger partial charge in [-0.1, -0.05) is 30.0 Å². The molecule has 0 radical (unpaired) electrons. The normalized spacial score (nSPS) is 10.5. The Balaban J connectivity index is 1.62. The molecule has 1 amide bonds. The van der Waals surface area contributed by atoms with E-state index >= 15 is 0 Å². The molecule has 0 aliphatic carbocycles. The number of thioether (sulfide) groups is 1. The molecule has 0 saturated heterocycles. The highest BCUT2D eigenvalue weighted by atomic mass is 32.2. The number of hydrogen-bond acceptors (Lipinski definition) is 7. The summed E-state index contributed by atoms with van der Waals surface area (Å²) in [6.45, 7) is 1.64. The summed E-state index contributed by atoms with van der Waals surface area (Å²) in [6.07, 6.45) is 0. The minimum absolute atomic E-state index is 0.0409. The van der Waals surface area contributed by atoms with Gasteiger partial charge in [0.25, 0.3) is 5.69 Å². The van der Waals surface area contributed by atoms with Gasteiger partial charge in [0.1, 0.15) is 5.75 Å². The van der Waals surface area contributed by atoms with Crippen LogP contribution in [0.15, 0.2) is 47.6 Å². The van der Waals surface area contributed by atoms with Crippen molar-refractivity contribution >= 4 is 29.0 Å². The number of aromatic nitrogens is 3. The van der Waals surface area contributed by atoms with E-state index < -0.39 is 4.92 Å². The first-order valence-corrected chi connectivity index (χ1v) is 9.20.